The minimum absolute atomic E-state index is 0. The van der Waals surface area contributed by atoms with Crippen LogP contribution in [0.5, 0.6) is 5.75 Å². The number of carbonyl (C=O) groups is 1. The molecule has 0 aliphatic heterocycles. The number of aryl methyl sites for hydroxylation is 1. The quantitative estimate of drug-likeness (QED) is 0.734. The SMILES string of the molecule is CCCc1cc(O)ccc1C(=O)O.[Na]. The van der Waals surface area contributed by atoms with E-state index in [4.69, 9.17) is 10.2 Å². The van der Waals surface area contributed by atoms with Gasteiger partial charge in [0.25, 0.3) is 0 Å². The molecule has 3 nitrogen and oxygen atoms in total. The Bertz CT molecular complexity index is 323. The molecule has 0 saturated heterocycles. The van der Waals surface area contributed by atoms with Gasteiger partial charge in [-0.05, 0) is 30.2 Å². The largest absolute Gasteiger partial charge is 0.508 e. The number of hydrogen-bond acceptors (Lipinski definition) is 2. The molecule has 0 aliphatic carbocycles. The number of phenols is 1. The van der Waals surface area contributed by atoms with Gasteiger partial charge in [0.1, 0.15) is 5.75 Å². The second-order valence-electron chi connectivity index (χ2n) is 2.90. The Hall–Kier alpha value is -0.510. The van der Waals surface area contributed by atoms with E-state index in [1.165, 1.54) is 18.2 Å². The molecule has 1 radical (unpaired) electrons. The number of rotatable bonds is 3. The Morgan fingerprint density at radius 1 is 1.43 bits per heavy atom. The molecule has 0 spiro atoms. The zero-order valence-corrected chi connectivity index (χ0v) is 10.4. The molecule has 1 aromatic carbocycles. The second-order valence-corrected chi connectivity index (χ2v) is 2.90. The number of phenolic OH excluding ortho intramolecular Hbond substituents is 1. The summed E-state index contributed by atoms with van der Waals surface area (Å²) in [6, 6.07) is 4.33. The summed E-state index contributed by atoms with van der Waals surface area (Å²) in [5.74, 6) is -0.822. The van der Waals surface area contributed by atoms with Crippen LogP contribution in [0.4, 0.5) is 0 Å². The minimum atomic E-state index is -0.941. The predicted octanol–water partition coefficient (Wildman–Crippen LogP) is 1.66. The van der Waals surface area contributed by atoms with E-state index >= 15 is 0 Å². The number of carboxylic acid groups (broad SMARTS) is 1. The van der Waals surface area contributed by atoms with Gasteiger partial charge in [0.2, 0.25) is 0 Å². The molecule has 0 fully saturated rings. The molecule has 0 aliphatic rings. The van der Waals surface area contributed by atoms with Crippen LogP contribution in [-0.4, -0.2) is 45.7 Å². The van der Waals surface area contributed by atoms with Gasteiger partial charge >= 0.3 is 5.97 Å². The van der Waals surface area contributed by atoms with Crippen LogP contribution >= 0.6 is 0 Å². The van der Waals surface area contributed by atoms with Crippen molar-refractivity contribution in [3.8, 4) is 5.75 Å². The van der Waals surface area contributed by atoms with Crippen molar-refractivity contribution in [3.05, 3.63) is 29.3 Å². The number of hydrogen-bond donors (Lipinski definition) is 2. The van der Waals surface area contributed by atoms with Crippen LogP contribution in [0.1, 0.15) is 29.3 Å². The normalized spacial score (nSPS) is 9.21. The topological polar surface area (TPSA) is 57.5 Å². The predicted molar refractivity (Wildman–Crippen MR) is 54.8 cm³/mol. The van der Waals surface area contributed by atoms with E-state index in [2.05, 4.69) is 0 Å². The Kier molecular flexibility index (Phi) is 5.84. The molecule has 0 bridgehead atoms. The number of carboxylic acids is 1. The van der Waals surface area contributed by atoms with Gasteiger partial charge in [-0.2, -0.15) is 0 Å². The third-order valence-corrected chi connectivity index (χ3v) is 1.84. The molecule has 0 unspecified atom stereocenters. The molecular weight excluding hydrogens is 191 g/mol. The van der Waals surface area contributed by atoms with E-state index in [0.717, 1.165) is 6.42 Å². The van der Waals surface area contributed by atoms with Crippen molar-refractivity contribution < 1.29 is 15.0 Å². The first-order chi connectivity index (χ1) is 6.15. The molecule has 0 saturated carbocycles. The van der Waals surface area contributed by atoms with Crippen molar-refractivity contribution in [1.82, 2.24) is 0 Å². The fourth-order valence-electron chi connectivity index (χ4n) is 1.26. The summed E-state index contributed by atoms with van der Waals surface area (Å²) in [6.07, 6.45) is 1.54. The zero-order valence-electron chi connectivity index (χ0n) is 8.45. The summed E-state index contributed by atoms with van der Waals surface area (Å²) < 4.78 is 0. The van der Waals surface area contributed by atoms with Gasteiger partial charge in [0, 0.05) is 29.6 Å². The maximum atomic E-state index is 10.7. The van der Waals surface area contributed by atoms with E-state index in [9.17, 15) is 4.79 Å². The average molecular weight is 203 g/mol. The van der Waals surface area contributed by atoms with Crippen LogP contribution in [0, 0.1) is 0 Å². The van der Waals surface area contributed by atoms with Crippen LogP contribution in [0.25, 0.3) is 0 Å². The molecule has 14 heavy (non-hydrogen) atoms. The van der Waals surface area contributed by atoms with E-state index in [0.29, 0.717) is 12.0 Å². The van der Waals surface area contributed by atoms with Crippen LogP contribution in [-0.2, 0) is 6.42 Å². The summed E-state index contributed by atoms with van der Waals surface area (Å²) in [5, 5.41) is 18.0. The fourth-order valence-corrected chi connectivity index (χ4v) is 1.26. The van der Waals surface area contributed by atoms with Gasteiger partial charge in [-0.25, -0.2) is 4.79 Å². The monoisotopic (exact) mass is 203 g/mol. The van der Waals surface area contributed by atoms with E-state index < -0.39 is 5.97 Å². The van der Waals surface area contributed by atoms with E-state index in [1.807, 2.05) is 6.92 Å². The van der Waals surface area contributed by atoms with Crippen molar-refractivity contribution in [2.24, 2.45) is 0 Å². The van der Waals surface area contributed by atoms with Crippen molar-refractivity contribution in [2.75, 3.05) is 0 Å². The summed E-state index contributed by atoms with van der Waals surface area (Å²) in [6.45, 7) is 1.97. The van der Waals surface area contributed by atoms with Crippen LogP contribution in [0.2, 0.25) is 0 Å². The Morgan fingerprint density at radius 2 is 2.07 bits per heavy atom. The Balaban J connectivity index is 0.00000169. The van der Waals surface area contributed by atoms with Gasteiger partial charge in [-0.1, -0.05) is 13.3 Å². The molecule has 4 heteroatoms. The van der Waals surface area contributed by atoms with Gasteiger partial charge in [0.05, 0.1) is 5.56 Å². The molecule has 1 rings (SSSR count). The standard InChI is InChI=1S/C10H12O3.Na/c1-2-3-7-6-8(11)4-5-9(7)10(12)13;/h4-6,11H,2-3H2,1H3,(H,12,13);. The van der Waals surface area contributed by atoms with Crippen LogP contribution in [0.3, 0.4) is 0 Å². The summed E-state index contributed by atoms with van der Waals surface area (Å²) in [4.78, 5) is 10.7. The number of benzene rings is 1. The second kappa shape index (κ2) is 6.06. The van der Waals surface area contributed by atoms with Gasteiger partial charge in [-0.3, -0.25) is 0 Å². The first-order valence-corrected chi connectivity index (χ1v) is 4.20. The van der Waals surface area contributed by atoms with Crippen LogP contribution < -0.4 is 0 Å². The van der Waals surface area contributed by atoms with E-state index in [-0.39, 0.29) is 40.9 Å². The first kappa shape index (κ1) is 13.5. The Morgan fingerprint density at radius 3 is 2.57 bits per heavy atom. The summed E-state index contributed by atoms with van der Waals surface area (Å²) >= 11 is 0. The zero-order chi connectivity index (χ0) is 9.84. The molecule has 0 aromatic heterocycles. The molecule has 71 valence electrons. The fraction of sp³-hybridized carbons (Fsp3) is 0.300. The van der Waals surface area contributed by atoms with Gasteiger partial charge in [-0.15, -0.1) is 0 Å². The molecule has 0 amide bonds. The van der Waals surface area contributed by atoms with Crippen molar-refractivity contribution >= 4 is 35.5 Å². The maximum absolute atomic E-state index is 10.7. The molecular formula is C10H12NaO3. The molecule has 1 aromatic rings. The van der Waals surface area contributed by atoms with Crippen molar-refractivity contribution in [1.29, 1.82) is 0 Å². The molecule has 2 N–H and O–H groups in total. The maximum Gasteiger partial charge on any atom is 0.335 e. The average Bonchev–Trinajstić information content (AvgIpc) is 2.04. The van der Waals surface area contributed by atoms with E-state index in [1.54, 1.807) is 0 Å². The van der Waals surface area contributed by atoms with Crippen LogP contribution in [0.15, 0.2) is 18.2 Å². The molecule has 0 heterocycles. The summed E-state index contributed by atoms with van der Waals surface area (Å²) in [7, 11) is 0. The number of aromatic hydroxyl groups is 1. The van der Waals surface area contributed by atoms with Gasteiger partial charge in [0.15, 0.2) is 0 Å². The Labute approximate surface area is 105 Å². The minimum Gasteiger partial charge on any atom is -0.508 e. The molecule has 0 atom stereocenters. The van der Waals surface area contributed by atoms with Gasteiger partial charge < -0.3 is 10.2 Å². The smallest absolute Gasteiger partial charge is 0.335 e. The number of aromatic carboxylic acids is 1. The van der Waals surface area contributed by atoms with Crippen molar-refractivity contribution in [3.63, 3.8) is 0 Å². The first-order valence-electron chi connectivity index (χ1n) is 4.20. The van der Waals surface area contributed by atoms with Crippen molar-refractivity contribution in [2.45, 2.75) is 19.8 Å². The third-order valence-electron chi connectivity index (χ3n) is 1.84. The summed E-state index contributed by atoms with van der Waals surface area (Å²) in [5.41, 5.74) is 0.967. The third kappa shape index (κ3) is 3.33.